The predicted octanol–water partition coefficient (Wildman–Crippen LogP) is 2.71. The van der Waals surface area contributed by atoms with Crippen molar-refractivity contribution in [2.45, 2.75) is 12.1 Å². The van der Waals surface area contributed by atoms with E-state index < -0.39 is 22.9 Å². The molecule has 0 bridgehead atoms. The summed E-state index contributed by atoms with van der Waals surface area (Å²) in [4.78, 5) is 24.4. The first-order chi connectivity index (χ1) is 12.5. The van der Waals surface area contributed by atoms with Gasteiger partial charge in [-0.3, -0.25) is 14.9 Å². The molecule has 8 heteroatoms. The lowest BCUT2D eigenvalue weighted by Gasteiger charge is -2.46. The topological polar surface area (TPSA) is 81.9 Å². The molecule has 0 saturated carbocycles. The third-order valence-electron chi connectivity index (χ3n) is 4.21. The zero-order chi connectivity index (χ0) is 18.7. The van der Waals surface area contributed by atoms with Crippen LogP contribution in [0.15, 0.2) is 48.5 Å². The summed E-state index contributed by atoms with van der Waals surface area (Å²) in [6, 6.07) is 11.0. The number of hydrogen-bond donors (Lipinski definition) is 0. The second kappa shape index (κ2) is 7.49. The summed E-state index contributed by atoms with van der Waals surface area (Å²) in [6.45, 7) is 0.735. The maximum absolute atomic E-state index is 13.0. The molecule has 1 amide bonds. The molecule has 7 nitrogen and oxygen atoms in total. The van der Waals surface area contributed by atoms with Crippen molar-refractivity contribution in [2.24, 2.45) is 0 Å². The molecule has 2 atom stereocenters. The Kier molecular flexibility index (Phi) is 5.13. The number of likely N-dealkylation sites (tertiary alicyclic amines) is 1. The lowest BCUT2D eigenvalue weighted by molar-refractivity contribution is -0.384. The smallest absolute Gasteiger partial charge is 0.269 e. The Hall–Kier alpha value is -3.00. The van der Waals surface area contributed by atoms with E-state index in [9.17, 15) is 19.3 Å². The number of ether oxygens (including phenoxy) is 2. The number of rotatable bonds is 7. The summed E-state index contributed by atoms with van der Waals surface area (Å²) in [5.74, 6) is -0.233. The molecule has 1 fully saturated rings. The SMILES string of the molecule is COCCN1C(=O)[C@H](Oc2ccc(F)cc2)[C@H]1c1ccc([N+](=O)[O-])cc1. The highest BCUT2D eigenvalue weighted by Gasteiger charge is 2.49. The second-order valence-electron chi connectivity index (χ2n) is 5.81. The molecule has 0 aliphatic carbocycles. The number of nitro benzene ring substituents is 1. The molecule has 0 radical (unpaired) electrons. The minimum absolute atomic E-state index is 0.0288. The van der Waals surface area contributed by atoms with E-state index in [1.807, 2.05) is 0 Å². The van der Waals surface area contributed by atoms with Crippen LogP contribution >= 0.6 is 0 Å². The van der Waals surface area contributed by atoms with Gasteiger partial charge in [-0.25, -0.2) is 4.39 Å². The molecule has 1 heterocycles. The fourth-order valence-electron chi connectivity index (χ4n) is 2.88. The highest BCUT2D eigenvalue weighted by molar-refractivity contribution is 5.89. The number of halogens is 1. The molecule has 1 aliphatic rings. The number of nitro groups is 1. The van der Waals surface area contributed by atoms with Crippen LogP contribution in [0.3, 0.4) is 0 Å². The van der Waals surface area contributed by atoms with Crippen LogP contribution in [0.25, 0.3) is 0 Å². The molecular weight excluding hydrogens is 343 g/mol. The van der Waals surface area contributed by atoms with Gasteiger partial charge in [-0.2, -0.15) is 0 Å². The molecule has 3 rings (SSSR count). The van der Waals surface area contributed by atoms with Crippen LogP contribution in [0.5, 0.6) is 5.75 Å². The monoisotopic (exact) mass is 360 g/mol. The van der Waals surface area contributed by atoms with Crippen LogP contribution in [0, 0.1) is 15.9 Å². The van der Waals surface area contributed by atoms with Gasteiger partial charge in [0.05, 0.1) is 11.5 Å². The van der Waals surface area contributed by atoms with E-state index in [0.717, 1.165) is 5.56 Å². The number of carbonyl (C=O) groups is 1. The van der Waals surface area contributed by atoms with Gasteiger partial charge in [0.1, 0.15) is 17.6 Å². The highest BCUT2D eigenvalue weighted by atomic mass is 19.1. The normalized spacial score (nSPS) is 19.2. The Balaban J connectivity index is 1.83. The molecule has 0 aromatic heterocycles. The lowest BCUT2D eigenvalue weighted by Crippen LogP contribution is -2.61. The zero-order valence-electron chi connectivity index (χ0n) is 14.0. The van der Waals surface area contributed by atoms with Crippen molar-refractivity contribution in [1.29, 1.82) is 0 Å². The van der Waals surface area contributed by atoms with Crippen molar-refractivity contribution < 1.29 is 23.6 Å². The molecule has 0 spiro atoms. The van der Waals surface area contributed by atoms with Gasteiger partial charge in [-0.05, 0) is 42.0 Å². The van der Waals surface area contributed by atoms with Crippen LogP contribution < -0.4 is 4.74 Å². The van der Waals surface area contributed by atoms with Crippen molar-refractivity contribution >= 4 is 11.6 Å². The van der Waals surface area contributed by atoms with E-state index in [-0.39, 0.29) is 11.6 Å². The molecule has 2 aromatic rings. The average molecular weight is 360 g/mol. The Bertz CT molecular complexity index is 794. The maximum Gasteiger partial charge on any atom is 0.269 e. The summed E-state index contributed by atoms with van der Waals surface area (Å²) < 4.78 is 23.8. The number of non-ortho nitro benzene ring substituents is 1. The second-order valence-corrected chi connectivity index (χ2v) is 5.81. The molecule has 1 aliphatic heterocycles. The fourth-order valence-corrected chi connectivity index (χ4v) is 2.88. The summed E-state index contributed by atoms with van der Waals surface area (Å²) in [5, 5.41) is 10.8. The number of amides is 1. The van der Waals surface area contributed by atoms with Gasteiger partial charge < -0.3 is 14.4 Å². The summed E-state index contributed by atoms with van der Waals surface area (Å²) in [5.41, 5.74) is 0.692. The standard InChI is InChI=1S/C18H17FN2O5/c1-25-11-10-20-16(12-2-6-14(7-3-12)21(23)24)17(18(20)22)26-15-8-4-13(19)5-9-15/h2-9,16-17H,10-11H2,1H3/t16-,17-/m1/s1. The molecule has 0 N–H and O–H groups in total. The molecular formula is C18H17FN2O5. The van der Waals surface area contributed by atoms with Crippen LogP contribution in [-0.4, -0.2) is 42.1 Å². The van der Waals surface area contributed by atoms with E-state index in [4.69, 9.17) is 9.47 Å². The zero-order valence-corrected chi connectivity index (χ0v) is 14.0. The lowest BCUT2D eigenvalue weighted by atomic mass is 9.90. The van der Waals surface area contributed by atoms with E-state index >= 15 is 0 Å². The number of carbonyl (C=O) groups excluding carboxylic acids is 1. The van der Waals surface area contributed by atoms with Gasteiger partial charge in [0.15, 0.2) is 0 Å². The van der Waals surface area contributed by atoms with Crippen LogP contribution in [0.2, 0.25) is 0 Å². The molecule has 0 unspecified atom stereocenters. The van der Waals surface area contributed by atoms with Crippen molar-refractivity contribution in [3.63, 3.8) is 0 Å². The molecule has 136 valence electrons. The van der Waals surface area contributed by atoms with Crippen molar-refractivity contribution in [3.05, 3.63) is 70.0 Å². The van der Waals surface area contributed by atoms with Crippen molar-refractivity contribution in [2.75, 3.05) is 20.3 Å². The Morgan fingerprint density at radius 2 is 1.81 bits per heavy atom. The minimum Gasteiger partial charge on any atom is -0.478 e. The first-order valence-electron chi connectivity index (χ1n) is 7.97. The summed E-state index contributed by atoms with van der Waals surface area (Å²) in [6.07, 6.45) is -0.779. The van der Waals surface area contributed by atoms with Crippen molar-refractivity contribution in [3.8, 4) is 5.75 Å². The Morgan fingerprint density at radius 1 is 1.15 bits per heavy atom. The average Bonchev–Trinajstić information content (AvgIpc) is 2.65. The van der Waals surface area contributed by atoms with Gasteiger partial charge in [-0.15, -0.1) is 0 Å². The van der Waals surface area contributed by atoms with Gasteiger partial charge >= 0.3 is 0 Å². The van der Waals surface area contributed by atoms with E-state index in [1.165, 1.54) is 43.5 Å². The highest BCUT2D eigenvalue weighted by Crippen LogP contribution is 2.38. The minimum atomic E-state index is -0.779. The quantitative estimate of drug-likeness (QED) is 0.431. The first-order valence-corrected chi connectivity index (χ1v) is 7.97. The van der Waals surface area contributed by atoms with E-state index in [1.54, 1.807) is 17.0 Å². The predicted molar refractivity (Wildman–Crippen MR) is 90.2 cm³/mol. The van der Waals surface area contributed by atoms with E-state index in [2.05, 4.69) is 0 Å². The Morgan fingerprint density at radius 3 is 2.38 bits per heavy atom. The first kappa shape index (κ1) is 17.8. The molecule has 2 aromatic carbocycles. The van der Waals surface area contributed by atoms with Gasteiger partial charge in [0.2, 0.25) is 6.10 Å². The largest absolute Gasteiger partial charge is 0.478 e. The number of benzene rings is 2. The van der Waals surface area contributed by atoms with Gasteiger partial charge in [0.25, 0.3) is 11.6 Å². The third kappa shape index (κ3) is 3.50. The maximum atomic E-state index is 13.0. The van der Waals surface area contributed by atoms with Crippen molar-refractivity contribution in [1.82, 2.24) is 4.90 Å². The number of nitrogens with zero attached hydrogens (tertiary/aromatic N) is 2. The molecule has 26 heavy (non-hydrogen) atoms. The number of β-lactam (4-membered cyclic amide) rings is 1. The number of hydrogen-bond acceptors (Lipinski definition) is 5. The van der Waals surface area contributed by atoms with Crippen LogP contribution in [0.4, 0.5) is 10.1 Å². The summed E-state index contributed by atoms with van der Waals surface area (Å²) >= 11 is 0. The third-order valence-corrected chi connectivity index (χ3v) is 4.21. The fraction of sp³-hybridized carbons (Fsp3) is 0.278. The van der Waals surface area contributed by atoms with Gasteiger partial charge in [-0.1, -0.05) is 0 Å². The van der Waals surface area contributed by atoms with Crippen LogP contribution in [0.1, 0.15) is 11.6 Å². The van der Waals surface area contributed by atoms with Crippen LogP contribution in [-0.2, 0) is 9.53 Å². The van der Waals surface area contributed by atoms with Gasteiger partial charge in [0, 0.05) is 25.8 Å². The summed E-state index contributed by atoms with van der Waals surface area (Å²) in [7, 11) is 1.54. The Labute approximate surface area is 149 Å². The molecule has 1 saturated heterocycles. The van der Waals surface area contributed by atoms with E-state index in [0.29, 0.717) is 18.9 Å². The number of methoxy groups -OCH3 is 1.